The largest absolute Gasteiger partial charge is 0.507 e. The predicted octanol–water partition coefficient (Wildman–Crippen LogP) is 2.63. The molecular weight excluding hydrogens is 244 g/mol. The monoisotopic (exact) mass is 262 g/mol. The van der Waals surface area contributed by atoms with Gasteiger partial charge in [-0.2, -0.15) is 0 Å². The standard InChI is InChI=1S/C15H18O4/c1-8-7-11(17)13-12(10(8)6-5-9(2)16)14(18)19-15(13,3)4/h7,17H,5-6H2,1-4H3. The molecule has 0 saturated heterocycles. The van der Waals surface area contributed by atoms with E-state index in [0.29, 0.717) is 24.0 Å². The lowest BCUT2D eigenvalue weighted by Gasteiger charge is -2.19. The van der Waals surface area contributed by atoms with Crippen LogP contribution in [0.4, 0.5) is 0 Å². The van der Waals surface area contributed by atoms with E-state index in [0.717, 1.165) is 11.1 Å². The smallest absolute Gasteiger partial charge is 0.339 e. The number of phenolic OH excluding ortho intramolecular Hbond substituents is 1. The summed E-state index contributed by atoms with van der Waals surface area (Å²) in [6.45, 7) is 6.85. The third-order valence-corrected chi connectivity index (χ3v) is 3.52. The SMILES string of the molecule is CC(=O)CCc1c(C)cc(O)c2c1C(=O)OC2(C)C. The summed E-state index contributed by atoms with van der Waals surface area (Å²) in [4.78, 5) is 23.2. The molecule has 0 aliphatic carbocycles. The molecule has 1 aromatic carbocycles. The molecule has 0 aromatic heterocycles. The molecule has 0 radical (unpaired) electrons. The number of rotatable bonds is 3. The first kappa shape index (κ1) is 13.6. The lowest BCUT2D eigenvalue weighted by molar-refractivity contribution is -0.116. The van der Waals surface area contributed by atoms with E-state index in [-0.39, 0.29) is 11.5 Å². The van der Waals surface area contributed by atoms with Gasteiger partial charge in [0.25, 0.3) is 0 Å². The van der Waals surface area contributed by atoms with Gasteiger partial charge in [-0.05, 0) is 51.3 Å². The molecule has 0 fully saturated rings. The van der Waals surface area contributed by atoms with Gasteiger partial charge < -0.3 is 14.6 Å². The number of benzene rings is 1. The van der Waals surface area contributed by atoms with Gasteiger partial charge in [-0.15, -0.1) is 0 Å². The quantitative estimate of drug-likeness (QED) is 0.850. The van der Waals surface area contributed by atoms with Crippen molar-refractivity contribution in [1.82, 2.24) is 0 Å². The van der Waals surface area contributed by atoms with Crippen LogP contribution in [0.15, 0.2) is 6.07 Å². The van der Waals surface area contributed by atoms with Crippen LogP contribution in [0.5, 0.6) is 5.75 Å². The number of aryl methyl sites for hydroxylation is 1. The number of hydrogen-bond donors (Lipinski definition) is 1. The Kier molecular flexibility index (Phi) is 3.12. The normalized spacial score (nSPS) is 16.1. The van der Waals surface area contributed by atoms with Gasteiger partial charge in [0.2, 0.25) is 0 Å². The van der Waals surface area contributed by atoms with E-state index in [4.69, 9.17) is 4.74 Å². The molecule has 1 N–H and O–H groups in total. The first-order valence-electron chi connectivity index (χ1n) is 6.32. The predicted molar refractivity (Wildman–Crippen MR) is 70.3 cm³/mol. The van der Waals surface area contributed by atoms with Crippen molar-refractivity contribution >= 4 is 11.8 Å². The van der Waals surface area contributed by atoms with Crippen molar-refractivity contribution in [3.63, 3.8) is 0 Å². The summed E-state index contributed by atoms with van der Waals surface area (Å²) in [7, 11) is 0. The van der Waals surface area contributed by atoms with Crippen LogP contribution in [0, 0.1) is 6.92 Å². The Labute approximate surface area is 112 Å². The topological polar surface area (TPSA) is 63.6 Å². The van der Waals surface area contributed by atoms with Gasteiger partial charge in [0, 0.05) is 6.42 Å². The summed E-state index contributed by atoms with van der Waals surface area (Å²) in [5.41, 5.74) is 1.76. The zero-order chi connectivity index (χ0) is 14.4. The van der Waals surface area contributed by atoms with Crippen LogP contribution in [0.25, 0.3) is 0 Å². The molecule has 1 heterocycles. The molecular formula is C15H18O4. The Morgan fingerprint density at radius 2 is 2.05 bits per heavy atom. The third-order valence-electron chi connectivity index (χ3n) is 3.52. The Bertz CT molecular complexity index is 570. The molecule has 1 aliphatic heterocycles. The summed E-state index contributed by atoms with van der Waals surface area (Å²) < 4.78 is 5.32. The Hall–Kier alpha value is -1.84. The zero-order valence-electron chi connectivity index (χ0n) is 11.7. The number of ketones is 1. The second-order valence-electron chi connectivity index (χ2n) is 5.54. The van der Waals surface area contributed by atoms with Crippen LogP contribution in [0.2, 0.25) is 0 Å². The number of esters is 1. The summed E-state index contributed by atoms with van der Waals surface area (Å²) in [5, 5.41) is 10.1. The van der Waals surface area contributed by atoms with E-state index in [1.807, 2.05) is 6.92 Å². The summed E-state index contributed by atoms with van der Waals surface area (Å²) >= 11 is 0. The van der Waals surface area contributed by atoms with Crippen molar-refractivity contribution in [2.24, 2.45) is 0 Å². The Balaban J connectivity index is 2.60. The number of Topliss-reactive ketones (excluding diaryl/α,β-unsaturated/α-hetero) is 1. The summed E-state index contributed by atoms with van der Waals surface area (Å²) in [5.74, 6) is -0.265. The van der Waals surface area contributed by atoms with Crippen LogP contribution in [0.3, 0.4) is 0 Å². The number of cyclic esters (lactones) is 1. The molecule has 0 spiro atoms. The molecule has 0 atom stereocenters. The van der Waals surface area contributed by atoms with Crippen molar-refractivity contribution in [2.45, 2.75) is 46.1 Å². The number of aromatic hydroxyl groups is 1. The van der Waals surface area contributed by atoms with Crippen LogP contribution in [-0.4, -0.2) is 16.9 Å². The van der Waals surface area contributed by atoms with Crippen molar-refractivity contribution in [1.29, 1.82) is 0 Å². The van der Waals surface area contributed by atoms with E-state index in [1.165, 1.54) is 6.92 Å². The minimum atomic E-state index is -0.824. The molecule has 0 amide bonds. The fraction of sp³-hybridized carbons (Fsp3) is 0.467. The number of hydrogen-bond acceptors (Lipinski definition) is 4. The minimum absolute atomic E-state index is 0.0758. The van der Waals surface area contributed by atoms with Gasteiger partial charge in [-0.25, -0.2) is 4.79 Å². The summed E-state index contributed by atoms with van der Waals surface area (Å²) in [6.07, 6.45) is 0.876. The molecule has 1 aromatic rings. The summed E-state index contributed by atoms with van der Waals surface area (Å²) in [6, 6.07) is 1.64. The molecule has 4 heteroatoms. The molecule has 2 rings (SSSR count). The molecule has 0 bridgehead atoms. The van der Waals surface area contributed by atoms with Crippen molar-refractivity contribution in [3.05, 3.63) is 28.3 Å². The zero-order valence-corrected chi connectivity index (χ0v) is 11.7. The Morgan fingerprint density at radius 3 is 2.63 bits per heavy atom. The minimum Gasteiger partial charge on any atom is -0.507 e. The fourth-order valence-electron chi connectivity index (χ4n) is 2.63. The molecule has 4 nitrogen and oxygen atoms in total. The van der Waals surface area contributed by atoms with Crippen LogP contribution in [0.1, 0.15) is 54.2 Å². The van der Waals surface area contributed by atoms with Crippen LogP contribution >= 0.6 is 0 Å². The average Bonchev–Trinajstić information content (AvgIpc) is 2.48. The van der Waals surface area contributed by atoms with E-state index >= 15 is 0 Å². The van der Waals surface area contributed by atoms with Crippen LogP contribution < -0.4 is 0 Å². The highest BCUT2D eigenvalue weighted by Gasteiger charge is 2.42. The van der Waals surface area contributed by atoms with Gasteiger partial charge in [0.1, 0.15) is 17.1 Å². The maximum absolute atomic E-state index is 12.0. The van der Waals surface area contributed by atoms with Crippen molar-refractivity contribution < 1.29 is 19.4 Å². The number of ether oxygens (including phenoxy) is 1. The molecule has 19 heavy (non-hydrogen) atoms. The van der Waals surface area contributed by atoms with E-state index in [1.54, 1.807) is 19.9 Å². The van der Waals surface area contributed by atoms with Gasteiger partial charge >= 0.3 is 5.97 Å². The molecule has 0 saturated carbocycles. The van der Waals surface area contributed by atoms with Gasteiger partial charge in [0.05, 0.1) is 11.1 Å². The molecule has 102 valence electrons. The fourth-order valence-corrected chi connectivity index (χ4v) is 2.63. The van der Waals surface area contributed by atoms with Crippen molar-refractivity contribution in [2.75, 3.05) is 0 Å². The first-order chi connectivity index (χ1) is 8.74. The molecule has 0 unspecified atom stereocenters. The average molecular weight is 262 g/mol. The van der Waals surface area contributed by atoms with Gasteiger partial charge in [0.15, 0.2) is 0 Å². The highest BCUT2D eigenvalue weighted by molar-refractivity contribution is 5.98. The number of phenols is 1. The second kappa shape index (κ2) is 4.37. The Morgan fingerprint density at radius 1 is 1.42 bits per heavy atom. The van der Waals surface area contributed by atoms with E-state index in [9.17, 15) is 14.7 Å². The van der Waals surface area contributed by atoms with Gasteiger partial charge in [-0.1, -0.05) is 0 Å². The highest BCUT2D eigenvalue weighted by atomic mass is 16.6. The lowest BCUT2D eigenvalue weighted by Crippen LogP contribution is -2.16. The third kappa shape index (κ3) is 2.23. The van der Waals surface area contributed by atoms with E-state index in [2.05, 4.69) is 0 Å². The van der Waals surface area contributed by atoms with Crippen LogP contribution in [-0.2, 0) is 21.6 Å². The van der Waals surface area contributed by atoms with Crippen molar-refractivity contribution in [3.8, 4) is 5.75 Å². The number of carbonyl (C=O) groups is 2. The van der Waals surface area contributed by atoms with Gasteiger partial charge in [-0.3, -0.25) is 0 Å². The lowest BCUT2D eigenvalue weighted by atomic mass is 9.87. The number of carbonyl (C=O) groups excluding carboxylic acids is 2. The number of fused-ring (bicyclic) bond motifs is 1. The first-order valence-corrected chi connectivity index (χ1v) is 6.32. The maximum Gasteiger partial charge on any atom is 0.339 e. The van der Waals surface area contributed by atoms with E-state index < -0.39 is 11.6 Å². The maximum atomic E-state index is 12.0. The molecule has 1 aliphatic rings. The second-order valence-corrected chi connectivity index (χ2v) is 5.54. The highest BCUT2D eigenvalue weighted by Crippen LogP contribution is 2.44.